The first-order valence-corrected chi connectivity index (χ1v) is 6.04. The number of non-ortho nitro benzene ring substituents is 1. The van der Waals surface area contributed by atoms with E-state index in [1.807, 2.05) is 0 Å². The molecule has 0 bridgehead atoms. The lowest BCUT2D eigenvalue weighted by atomic mass is 10.1. The second-order valence-corrected chi connectivity index (χ2v) is 4.34. The Morgan fingerprint density at radius 2 is 2.05 bits per heavy atom. The molecule has 0 fully saturated rings. The van der Waals surface area contributed by atoms with Crippen molar-refractivity contribution in [3.8, 4) is 0 Å². The van der Waals surface area contributed by atoms with Gasteiger partial charge in [0.2, 0.25) is 0 Å². The van der Waals surface area contributed by atoms with E-state index in [1.54, 1.807) is 6.07 Å². The van der Waals surface area contributed by atoms with Crippen LogP contribution in [0.3, 0.4) is 0 Å². The molecule has 3 N–H and O–H groups in total. The quantitative estimate of drug-likeness (QED) is 0.512. The van der Waals surface area contributed by atoms with Crippen molar-refractivity contribution in [3.05, 3.63) is 69.5 Å². The average molecular weight is 289 g/mol. The van der Waals surface area contributed by atoms with Crippen LogP contribution in [0.15, 0.2) is 42.5 Å². The van der Waals surface area contributed by atoms with Gasteiger partial charge in [-0.2, -0.15) is 0 Å². The smallest absolute Gasteiger partial charge is 0.269 e. The normalized spacial score (nSPS) is 10.1. The zero-order valence-corrected chi connectivity index (χ0v) is 10.9. The number of benzene rings is 2. The van der Waals surface area contributed by atoms with Crippen LogP contribution in [-0.2, 0) is 6.54 Å². The number of nitrogen functional groups attached to an aromatic ring is 1. The van der Waals surface area contributed by atoms with E-state index >= 15 is 0 Å². The number of nitrogens with zero attached hydrogens (tertiary/aromatic N) is 1. The highest BCUT2D eigenvalue weighted by Crippen LogP contribution is 2.15. The molecule has 0 aliphatic heterocycles. The molecular formula is C14H12FN3O3. The molecule has 2 aromatic carbocycles. The van der Waals surface area contributed by atoms with E-state index in [9.17, 15) is 19.3 Å². The summed E-state index contributed by atoms with van der Waals surface area (Å²) in [5.41, 5.74) is 6.28. The number of carbonyl (C=O) groups excluding carboxylic acids is 1. The maximum Gasteiger partial charge on any atom is 0.269 e. The molecule has 0 aliphatic rings. The molecule has 0 atom stereocenters. The largest absolute Gasteiger partial charge is 0.398 e. The molecule has 0 aliphatic carbocycles. The lowest BCUT2D eigenvalue weighted by molar-refractivity contribution is -0.384. The Kier molecular flexibility index (Phi) is 4.13. The molecule has 1 amide bonds. The van der Waals surface area contributed by atoms with Crippen LogP contribution in [0.2, 0.25) is 0 Å². The highest BCUT2D eigenvalue weighted by Gasteiger charge is 2.11. The molecule has 0 aromatic heterocycles. The van der Waals surface area contributed by atoms with Gasteiger partial charge in [-0.25, -0.2) is 4.39 Å². The molecular weight excluding hydrogens is 277 g/mol. The topological polar surface area (TPSA) is 98.3 Å². The number of nitro groups is 1. The van der Waals surface area contributed by atoms with Gasteiger partial charge in [-0.3, -0.25) is 14.9 Å². The van der Waals surface area contributed by atoms with Crippen molar-refractivity contribution in [3.63, 3.8) is 0 Å². The molecule has 0 saturated heterocycles. The van der Waals surface area contributed by atoms with Crippen LogP contribution in [0.25, 0.3) is 0 Å². The Morgan fingerprint density at radius 1 is 1.29 bits per heavy atom. The van der Waals surface area contributed by atoms with Crippen LogP contribution < -0.4 is 11.1 Å². The van der Waals surface area contributed by atoms with E-state index in [1.165, 1.54) is 24.3 Å². The lowest BCUT2D eigenvalue weighted by Gasteiger charge is -2.07. The first-order valence-electron chi connectivity index (χ1n) is 6.04. The van der Waals surface area contributed by atoms with Gasteiger partial charge in [0, 0.05) is 24.4 Å². The summed E-state index contributed by atoms with van der Waals surface area (Å²) in [4.78, 5) is 22.1. The first-order chi connectivity index (χ1) is 9.97. The van der Waals surface area contributed by atoms with Crippen molar-refractivity contribution in [2.24, 2.45) is 0 Å². The molecule has 0 unspecified atom stereocenters. The van der Waals surface area contributed by atoms with Gasteiger partial charge in [-0.15, -0.1) is 0 Å². The fourth-order valence-corrected chi connectivity index (χ4v) is 1.80. The summed E-state index contributed by atoms with van der Waals surface area (Å²) in [7, 11) is 0. The van der Waals surface area contributed by atoms with Crippen LogP contribution in [-0.4, -0.2) is 10.8 Å². The molecule has 6 nitrogen and oxygen atoms in total. The standard InChI is InChI=1S/C14H12FN3O3/c15-10-4-5-12(13(16)7-10)14(19)17-8-9-2-1-3-11(6-9)18(20)21/h1-7H,8,16H2,(H,17,19). The molecule has 2 aromatic rings. The van der Waals surface area contributed by atoms with E-state index in [0.717, 1.165) is 12.1 Å². The first kappa shape index (κ1) is 14.4. The lowest BCUT2D eigenvalue weighted by Crippen LogP contribution is -2.23. The summed E-state index contributed by atoms with van der Waals surface area (Å²) in [6.45, 7) is 0.108. The number of nitrogens with one attached hydrogen (secondary N) is 1. The van der Waals surface area contributed by atoms with Gasteiger partial charge in [-0.05, 0) is 23.8 Å². The summed E-state index contributed by atoms with van der Waals surface area (Å²) in [5.74, 6) is -0.998. The Labute approximate surface area is 119 Å². The highest BCUT2D eigenvalue weighted by molar-refractivity contribution is 5.99. The highest BCUT2D eigenvalue weighted by atomic mass is 19.1. The van der Waals surface area contributed by atoms with Gasteiger partial charge in [0.05, 0.1) is 10.5 Å². The fourth-order valence-electron chi connectivity index (χ4n) is 1.80. The Hall–Kier alpha value is -2.96. The average Bonchev–Trinajstić information content (AvgIpc) is 2.45. The SMILES string of the molecule is Nc1cc(F)ccc1C(=O)NCc1cccc([N+](=O)[O-])c1. The van der Waals surface area contributed by atoms with Crippen molar-refractivity contribution < 1.29 is 14.1 Å². The third-order valence-electron chi connectivity index (χ3n) is 2.83. The fraction of sp³-hybridized carbons (Fsp3) is 0.0714. The second-order valence-electron chi connectivity index (χ2n) is 4.34. The number of carbonyl (C=O) groups is 1. The number of hydrogen-bond acceptors (Lipinski definition) is 4. The van der Waals surface area contributed by atoms with E-state index < -0.39 is 16.6 Å². The summed E-state index contributed by atoms with van der Waals surface area (Å²) in [6, 6.07) is 9.40. The third-order valence-corrected chi connectivity index (χ3v) is 2.83. The van der Waals surface area contributed by atoms with Gasteiger partial charge in [0.15, 0.2) is 0 Å². The summed E-state index contributed by atoms with van der Waals surface area (Å²) in [5, 5.41) is 13.2. The third kappa shape index (κ3) is 3.53. The van der Waals surface area contributed by atoms with Crippen molar-refractivity contribution >= 4 is 17.3 Å². The molecule has 7 heteroatoms. The van der Waals surface area contributed by atoms with Crippen LogP contribution >= 0.6 is 0 Å². The minimum atomic E-state index is -0.525. The van der Waals surface area contributed by atoms with E-state index in [4.69, 9.17) is 5.73 Å². The van der Waals surface area contributed by atoms with Gasteiger partial charge < -0.3 is 11.1 Å². The maximum atomic E-state index is 12.9. The molecule has 21 heavy (non-hydrogen) atoms. The predicted octanol–water partition coefficient (Wildman–Crippen LogP) is 2.25. The maximum absolute atomic E-state index is 12.9. The number of nitro benzene ring substituents is 1. The van der Waals surface area contributed by atoms with Crippen LogP contribution in [0.5, 0.6) is 0 Å². The Morgan fingerprint density at radius 3 is 2.71 bits per heavy atom. The number of anilines is 1. The summed E-state index contributed by atoms with van der Waals surface area (Å²) >= 11 is 0. The van der Waals surface area contributed by atoms with Crippen LogP contribution in [0.1, 0.15) is 15.9 Å². The van der Waals surface area contributed by atoms with Gasteiger partial charge in [0.25, 0.3) is 11.6 Å². The van der Waals surface area contributed by atoms with E-state index in [-0.39, 0.29) is 23.5 Å². The monoisotopic (exact) mass is 289 g/mol. The number of nitrogens with two attached hydrogens (primary N) is 1. The van der Waals surface area contributed by atoms with Crippen molar-refractivity contribution in [2.45, 2.75) is 6.54 Å². The second kappa shape index (κ2) is 6.00. The minimum Gasteiger partial charge on any atom is -0.398 e. The van der Waals surface area contributed by atoms with E-state index in [2.05, 4.69) is 5.32 Å². The van der Waals surface area contributed by atoms with Crippen molar-refractivity contribution in [1.82, 2.24) is 5.32 Å². The molecule has 2 rings (SSSR count). The molecule has 0 spiro atoms. The summed E-state index contributed by atoms with van der Waals surface area (Å²) < 4.78 is 12.9. The van der Waals surface area contributed by atoms with Crippen molar-refractivity contribution in [1.29, 1.82) is 0 Å². The zero-order valence-electron chi connectivity index (χ0n) is 10.9. The number of halogens is 1. The molecule has 0 saturated carbocycles. The predicted molar refractivity (Wildman–Crippen MR) is 75.1 cm³/mol. The van der Waals surface area contributed by atoms with Gasteiger partial charge in [0.1, 0.15) is 5.82 Å². The van der Waals surface area contributed by atoms with Gasteiger partial charge in [-0.1, -0.05) is 12.1 Å². The zero-order chi connectivity index (χ0) is 15.4. The molecule has 108 valence electrons. The number of amides is 1. The Balaban J connectivity index is 2.07. The number of rotatable bonds is 4. The Bertz CT molecular complexity index is 704. The summed E-state index contributed by atoms with van der Waals surface area (Å²) in [6.07, 6.45) is 0. The van der Waals surface area contributed by atoms with Crippen LogP contribution in [0.4, 0.5) is 15.8 Å². The molecule has 0 heterocycles. The van der Waals surface area contributed by atoms with Crippen molar-refractivity contribution in [2.75, 3.05) is 5.73 Å². The minimum absolute atomic E-state index is 0.0338. The van der Waals surface area contributed by atoms with Gasteiger partial charge >= 0.3 is 0 Å². The van der Waals surface area contributed by atoms with E-state index in [0.29, 0.717) is 5.56 Å². The number of hydrogen-bond donors (Lipinski definition) is 2. The molecule has 0 radical (unpaired) electrons. The van der Waals surface area contributed by atoms with Crippen LogP contribution in [0, 0.1) is 15.9 Å².